The smallest absolute Gasteiger partial charge is 0.0698 e. The largest absolute Gasteiger partial charge is 0.394 e. The second kappa shape index (κ2) is 13.5. The van der Waals surface area contributed by atoms with Crippen molar-refractivity contribution < 1.29 is 9.84 Å². The molecule has 0 saturated heterocycles. The van der Waals surface area contributed by atoms with Crippen molar-refractivity contribution in [3.05, 3.63) is 0 Å². The third-order valence-corrected chi connectivity index (χ3v) is 1.03. The van der Waals surface area contributed by atoms with Crippen molar-refractivity contribution in [3.8, 4) is 0 Å². The average molecular weight is 177 g/mol. The molecule has 76 valence electrons. The number of ether oxygens (including phenoxy) is 1. The molecular formula is C9H23NO2. The summed E-state index contributed by atoms with van der Waals surface area (Å²) in [6.45, 7) is 10.3. The van der Waals surface area contributed by atoms with Crippen LogP contribution in [-0.4, -0.2) is 37.5 Å². The highest BCUT2D eigenvalue weighted by molar-refractivity contribution is 4.50. The molecule has 0 radical (unpaired) electrons. The molecule has 12 heavy (non-hydrogen) atoms. The molecule has 0 rings (SSSR count). The van der Waals surface area contributed by atoms with E-state index in [0.717, 1.165) is 6.54 Å². The zero-order chi connectivity index (χ0) is 9.82. The molecule has 0 fully saturated rings. The molecule has 0 heterocycles. The van der Waals surface area contributed by atoms with Crippen LogP contribution in [0.25, 0.3) is 0 Å². The standard InChI is InChI=1S/C7H17NO2.C2H6/c1-7(2)8-3-5-10-6-4-9;1-2/h7-9H,3-6H2,1-2H3;1-2H3. The molecule has 3 nitrogen and oxygen atoms in total. The van der Waals surface area contributed by atoms with Gasteiger partial charge in [-0.25, -0.2) is 0 Å². The van der Waals surface area contributed by atoms with Crippen LogP contribution in [0.3, 0.4) is 0 Å². The molecule has 0 saturated carbocycles. The summed E-state index contributed by atoms with van der Waals surface area (Å²) in [7, 11) is 0. The molecule has 0 aromatic rings. The molecule has 0 bridgehead atoms. The summed E-state index contributed by atoms with van der Waals surface area (Å²) in [4.78, 5) is 0. The van der Waals surface area contributed by atoms with E-state index in [1.54, 1.807) is 0 Å². The molecule has 0 aliphatic heterocycles. The number of rotatable bonds is 6. The van der Waals surface area contributed by atoms with Gasteiger partial charge in [0.05, 0.1) is 19.8 Å². The highest BCUT2D eigenvalue weighted by Gasteiger charge is 1.90. The number of hydrogen-bond acceptors (Lipinski definition) is 3. The van der Waals surface area contributed by atoms with Crippen LogP contribution < -0.4 is 5.32 Å². The fraction of sp³-hybridized carbons (Fsp3) is 1.00. The van der Waals surface area contributed by atoms with Gasteiger partial charge in [0.25, 0.3) is 0 Å². The van der Waals surface area contributed by atoms with E-state index in [1.165, 1.54) is 0 Å². The lowest BCUT2D eigenvalue weighted by atomic mass is 10.4. The second-order valence-electron chi connectivity index (χ2n) is 2.44. The van der Waals surface area contributed by atoms with Crippen LogP contribution in [0.2, 0.25) is 0 Å². The van der Waals surface area contributed by atoms with E-state index in [4.69, 9.17) is 9.84 Å². The molecule has 3 heteroatoms. The molecule has 0 spiro atoms. The minimum atomic E-state index is 0.113. The Morgan fingerprint density at radius 1 is 1.25 bits per heavy atom. The molecule has 0 unspecified atom stereocenters. The summed E-state index contributed by atoms with van der Waals surface area (Å²) in [5.74, 6) is 0. The number of nitrogens with one attached hydrogen (secondary N) is 1. The fourth-order valence-electron chi connectivity index (χ4n) is 0.586. The summed E-state index contributed by atoms with van der Waals surface area (Å²) in [6, 6.07) is 0.512. The van der Waals surface area contributed by atoms with Crippen LogP contribution in [0.4, 0.5) is 0 Å². The summed E-state index contributed by atoms with van der Waals surface area (Å²) < 4.78 is 5.02. The van der Waals surface area contributed by atoms with Crippen LogP contribution in [0, 0.1) is 0 Å². The number of aliphatic hydroxyl groups excluding tert-OH is 1. The Labute approximate surface area is 76.1 Å². The van der Waals surface area contributed by atoms with E-state index < -0.39 is 0 Å². The molecule has 2 N–H and O–H groups in total. The van der Waals surface area contributed by atoms with Crippen molar-refractivity contribution >= 4 is 0 Å². The van der Waals surface area contributed by atoms with E-state index in [1.807, 2.05) is 13.8 Å². The van der Waals surface area contributed by atoms with Crippen molar-refractivity contribution in [1.29, 1.82) is 0 Å². The van der Waals surface area contributed by atoms with Gasteiger partial charge in [0.1, 0.15) is 0 Å². The van der Waals surface area contributed by atoms with Crippen LogP contribution >= 0.6 is 0 Å². The topological polar surface area (TPSA) is 41.5 Å². The van der Waals surface area contributed by atoms with Crippen molar-refractivity contribution in [3.63, 3.8) is 0 Å². The van der Waals surface area contributed by atoms with Crippen molar-refractivity contribution in [2.24, 2.45) is 0 Å². The maximum Gasteiger partial charge on any atom is 0.0698 e. The van der Waals surface area contributed by atoms with Gasteiger partial charge in [-0.2, -0.15) is 0 Å². The summed E-state index contributed by atoms with van der Waals surface area (Å²) in [5.41, 5.74) is 0. The predicted molar refractivity (Wildman–Crippen MR) is 52.4 cm³/mol. The molecule has 0 atom stereocenters. The third kappa shape index (κ3) is 16.5. The molecular weight excluding hydrogens is 154 g/mol. The quantitative estimate of drug-likeness (QED) is 0.595. The molecule has 0 aliphatic carbocycles. The normalized spacial score (nSPS) is 9.50. The Morgan fingerprint density at radius 3 is 2.25 bits per heavy atom. The zero-order valence-corrected chi connectivity index (χ0v) is 8.76. The molecule has 0 aliphatic rings. The van der Waals surface area contributed by atoms with E-state index in [0.29, 0.717) is 19.3 Å². The Balaban J connectivity index is 0. The van der Waals surface area contributed by atoms with Gasteiger partial charge in [0.2, 0.25) is 0 Å². The van der Waals surface area contributed by atoms with Crippen molar-refractivity contribution in [1.82, 2.24) is 5.32 Å². The Kier molecular flexibility index (Phi) is 16.2. The minimum Gasteiger partial charge on any atom is -0.394 e. The van der Waals surface area contributed by atoms with Gasteiger partial charge in [-0.15, -0.1) is 0 Å². The van der Waals surface area contributed by atoms with Crippen LogP contribution in [-0.2, 0) is 4.74 Å². The lowest BCUT2D eigenvalue weighted by Gasteiger charge is -2.07. The van der Waals surface area contributed by atoms with E-state index in [2.05, 4.69) is 19.2 Å². The molecule has 0 aromatic carbocycles. The Bertz CT molecular complexity index is 67.5. The SMILES string of the molecule is CC.CC(C)NCCOCCO. The molecule has 0 aromatic heterocycles. The van der Waals surface area contributed by atoms with Gasteiger partial charge in [-0.05, 0) is 0 Å². The summed E-state index contributed by atoms with van der Waals surface area (Å²) >= 11 is 0. The van der Waals surface area contributed by atoms with Gasteiger partial charge in [0.15, 0.2) is 0 Å². The first-order valence-corrected chi connectivity index (χ1v) is 4.69. The summed E-state index contributed by atoms with van der Waals surface area (Å²) in [5, 5.41) is 11.5. The second-order valence-corrected chi connectivity index (χ2v) is 2.44. The van der Waals surface area contributed by atoms with Gasteiger partial charge in [-0.1, -0.05) is 27.7 Å². The van der Waals surface area contributed by atoms with Gasteiger partial charge >= 0.3 is 0 Å². The molecule has 0 amide bonds. The van der Waals surface area contributed by atoms with Crippen LogP contribution in [0.5, 0.6) is 0 Å². The highest BCUT2D eigenvalue weighted by Crippen LogP contribution is 1.76. The Hall–Kier alpha value is -0.120. The number of aliphatic hydroxyl groups is 1. The van der Waals surface area contributed by atoms with Crippen LogP contribution in [0.15, 0.2) is 0 Å². The minimum absolute atomic E-state index is 0.113. The fourth-order valence-corrected chi connectivity index (χ4v) is 0.586. The maximum atomic E-state index is 8.33. The van der Waals surface area contributed by atoms with E-state index in [-0.39, 0.29) is 6.61 Å². The zero-order valence-electron chi connectivity index (χ0n) is 8.76. The van der Waals surface area contributed by atoms with Crippen molar-refractivity contribution in [2.75, 3.05) is 26.4 Å². The summed E-state index contributed by atoms with van der Waals surface area (Å²) in [6.07, 6.45) is 0. The van der Waals surface area contributed by atoms with E-state index in [9.17, 15) is 0 Å². The van der Waals surface area contributed by atoms with Crippen molar-refractivity contribution in [2.45, 2.75) is 33.7 Å². The maximum absolute atomic E-state index is 8.33. The first-order chi connectivity index (χ1) is 5.77. The Morgan fingerprint density at radius 2 is 1.83 bits per heavy atom. The van der Waals surface area contributed by atoms with Gasteiger partial charge in [-0.3, -0.25) is 0 Å². The first kappa shape index (κ1) is 14.4. The van der Waals surface area contributed by atoms with Crippen LogP contribution in [0.1, 0.15) is 27.7 Å². The third-order valence-electron chi connectivity index (χ3n) is 1.03. The lowest BCUT2D eigenvalue weighted by molar-refractivity contribution is 0.0931. The number of hydrogen-bond donors (Lipinski definition) is 2. The lowest BCUT2D eigenvalue weighted by Crippen LogP contribution is -2.26. The predicted octanol–water partition coefficient (Wildman–Crippen LogP) is 1.02. The monoisotopic (exact) mass is 177 g/mol. The van der Waals surface area contributed by atoms with E-state index >= 15 is 0 Å². The first-order valence-electron chi connectivity index (χ1n) is 4.69. The van der Waals surface area contributed by atoms with Gasteiger partial charge in [0, 0.05) is 12.6 Å². The average Bonchev–Trinajstić information content (AvgIpc) is 2.07. The van der Waals surface area contributed by atoms with Gasteiger partial charge < -0.3 is 15.2 Å². The highest BCUT2D eigenvalue weighted by atomic mass is 16.5.